The SMILES string of the molecule is C.CS(C)=O.ClC(Cl)Cl. The molecule has 5 heteroatoms. The summed E-state index contributed by atoms with van der Waals surface area (Å²) in [6.45, 7) is 0. The van der Waals surface area contributed by atoms with Gasteiger partial charge in [-0.25, -0.2) is 0 Å². The van der Waals surface area contributed by atoms with Gasteiger partial charge in [0.1, 0.15) is 0 Å². The van der Waals surface area contributed by atoms with Crippen molar-refractivity contribution >= 4 is 45.6 Å². The maximum absolute atomic E-state index is 9.56. The molecule has 0 aromatic carbocycles. The van der Waals surface area contributed by atoms with E-state index in [1.54, 1.807) is 12.5 Å². The summed E-state index contributed by atoms with van der Waals surface area (Å²) >= 11 is 14.4. The molecule has 0 aliphatic rings. The quantitative estimate of drug-likeness (QED) is 0.566. The topological polar surface area (TPSA) is 17.1 Å². The summed E-state index contributed by atoms with van der Waals surface area (Å²) in [5, 5.41) is 0. The molecule has 0 aromatic heterocycles. The van der Waals surface area contributed by atoms with Crippen LogP contribution in [0.1, 0.15) is 7.43 Å². The molecule has 0 amide bonds. The summed E-state index contributed by atoms with van der Waals surface area (Å²) in [7, 11) is -0.611. The Morgan fingerprint density at radius 2 is 1.22 bits per heavy atom. The lowest BCUT2D eigenvalue weighted by Gasteiger charge is -1.69. The van der Waals surface area contributed by atoms with Crippen molar-refractivity contribution in [3.05, 3.63) is 0 Å². The molecule has 0 heterocycles. The Morgan fingerprint density at radius 3 is 1.22 bits per heavy atom. The van der Waals surface area contributed by atoms with Gasteiger partial charge in [-0.05, 0) is 0 Å². The first-order valence-corrected chi connectivity index (χ1v) is 4.91. The van der Waals surface area contributed by atoms with E-state index in [9.17, 15) is 4.21 Å². The molecule has 0 saturated heterocycles. The third-order valence-electron chi connectivity index (χ3n) is 0. The van der Waals surface area contributed by atoms with Gasteiger partial charge in [0.15, 0.2) is 4.30 Å². The second-order valence-corrected chi connectivity index (χ2v) is 4.45. The van der Waals surface area contributed by atoms with Crippen LogP contribution in [0.15, 0.2) is 0 Å². The van der Waals surface area contributed by atoms with Gasteiger partial charge in [0.25, 0.3) is 0 Å². The predicted molar refractivity (Wildman–Crippen MR) is 48.1 cm³/mol. The molecule has 0 spiro atoms. The molecule has 0 atom stereocenters. The lowest BCUT2D eigenvalue weighted by Crippen LogP contribution is -1.70. The average Bonchev–Trinajstić information content (AvgIpc) is 1.25. The zero-order chi connectivity index (χ0) is 7.15. The Morgan fingerprint density at radius 1 is 1.22 bits per heavy atom. The highest BCUT2D eigenvalue weighted by atomic mass is 35.6. The Hall–Kier alpha value is 1.02. The molecule has 0 saturated carbocycles. The van der Waals surface area contributed by atoms with Gasteiger partial charge in [0, 0.05) is 23.3 Å². The molecule has 0 fully saturated rings. The molecule has 0 aromatic rings. The van der Waals surface area contributed by atoms with Crippen LogP contribution < -0.4 is 0 Å². The van der Waals surface area contributed by atoms with Crippen LogP contribution in [0.25, 0.3) is 0 Å². The minimum Gasteiger partial charge on any atom is -0.260 e. The second kappa shape index (κ2) is 11.8. The van der Waals surface area contributed by atoms with Crippen molar-refractivity contribution in [1.29, 1.82) is 0 Å². The van der Waals surface area contributed by atoms with E-state index in [1.165, 1.54) is 0 Å². The van der Waals surface area contributed by atoms with Gasteiger partial charge in [-0.2, -0.15) is 0 Å². The minimum atomic E-state index is -0.750. The van der Waals surface area contributed by atoms with Crippen molar-refractivity contribution < 1.29 is 4.21 Å². The van der Waals surface area contributed by atoms with Crippen molar-refractivity contribution in [2.75, 3.05) is 12.5 Å². The van der Waals surface area contributed by atoms with Crippen LogP contribution in [0.5, 0.6) is 0 Å². The zero-order valence-electron chi connectivity index (χ0n) is 4.53. The minimum absolute atomic E-state index is 0. The third kappa shape index (κ3) is 427. The first-order chi connectivity index (χ1) is 3.46. The van der Waals surface area contributed by atoms with Gasteiger partial charge in [-0.1, -0.05) is 42.2 Å². The Bertz CT molecular complexity index is 60.1. The van der Waals surface area contributed by atoms with E-state index >= 15 is 0 Å². The number of hydrogen-bond donors (Lipinski definition) is 0. The monoisotopic (exact) mass is 212 g/mol. The lowest BCUT2D eigenvalue weighted by atomic mass is 11.9. The zero-order valence-corrected chi connectivity index (χ0v) is 7.61. The fraction of sp³-hybridized carbons (Fsp3) is 1.00. The summed E-state index contributed by atoms with van der Waals surface area (Å²) < 4.78 is 8.81. The lowest BCUT2D eigenvalue weighted by molar-refractivity contribution is 0.690. The van der Waals surface area contributed by atoms with E-state index in [0.29, 0.717) is 0 Å². The second-order valence-electron chi connectivity index (χ2n) is 0.989. The molecule has 0 radical (unpaired) electrons. The normalized spacial score (nSPS) is 7.89. The Balaban J connectivity index is -0.0000000720. The molecule has 0 aliphatic carbocycles. The van der Waals surface area contributed by atoms with E-state index in [2.05, 4.69) is 0 Å². The van der Waals surface area contributed by atoms with Gasteiger partial charge in [-0.3, -0.25) is 4.21 Å². The van der Waals surface area contributed by atoms with Crippen molar-refractivity contribution in [2.45, 2.75) is 11.7 Å². The van der Waals surface area contributed by atoms with Crippen LogP contribution in [-0.4, -0.2) is 21.0 Å². The summed E-state index contributed by atoms with van der Waals surface area (Å²) in [6, 6.07) is 0. The predicted octanol–water partition coefficient (Wildman–Crippen LogP) is 2.62. The van der Waals surface area contributed by atoms with Gasteiger partial charge in [0.2, 0.25) is 0 Å². The van der Waals surface area contributed by atoms with Crippen molar-refractivity contribution in [3.8, 4) is 0 Å². The molecule has 0 bridgehead atoms. The van der Waals surface area contributed by atoms with Gasteiger partial charge in [0.05, 0.1) is 0 Å². The first kappa shape index (κ1) is 16.5. The van der Waals surface area contributed by atoms with E-state index in [4.69, 9.17) is 34.8 Å². The molecule has 9 heavy (non-hydrogen) atoms. The number of hydrogen-bond acceptors (Lipinski definition) is 1. The average molecular weight is 214 g/mol. The fourth-order valence-electron chi connectivity index (χ4n) is 0. The van der Waals surface area contributed by atoms with E-state index < -0.39 is 15.1 Å². The highest BCUT2D eigenvalue weighted by Crippen LogP contribution is 2.03. The van der Waals surface area contributed by atoms with Crippen LogP contribution in [-0.2, 0) is 10.8 Å². The summed E-state index contributed by atoms with van der Waals surface area (Å²) in [6.07, 6.45) is 3.28. The van der Waals surface area contributed by atoms with Crippen molar-refractivity contribution in [3.63, 3.8) is 0 Å². The molecule has 0 N–H and O–H groups in total. The molecular weight excluding hydrogens is 202 g/mol. The highest BCUT2D eigenvalue weighted by molar-refractivity contribution is 7.83. The van der Waals surface area contributed by atoms with E-state index in [-0.39, 0.29) is 7.43 Å². The van der Waals surface area contributed by atoms with Crippen LogP contribution in [0.3, 0.4) is 0 Å². The van der Waals surface area contributed by atoms with Crippen LogP contribution in [0.4, 0.5) is 0 Å². The highest BCUT2D eigenvalue weighted by Gasteiger charge is 1.78. The molecule has 0 aliphatic heterocycles. The third-order valence-corrected chi connectivity index (χ3v) is 0. The Kier molecular flexibility index (Phi) is 21.6. The number of halogens is 3. The maximum Gasteiger partial charge on any atom is 0.180 e. The molecule has 1 nitrogen and oxygen atoms in total. The van der Waals surface area contributed by atoms with Crippen LogP contribution in [0, 0.1) is 0 Å². The van der Waals surface area contributed by atoms with Crippen molar-refractivity contribution in [1.82, 2.24) is 0 Å². The van der Waals surface area contributed by atoms with Crippen molar-refractivity contribution in [2.24, 2.45) is 0 Å². The summed E-state index contributed by atoms with van der Waals surface area (Å²) in [5.74, 6) is 0. The number of alkyl halides is 3. The van der Waals surface area contributed by atoms with Gasteiger partial charge in [-0.15, -0.1) is 0 Å². The first-order valence-electron chi connectivity index (χ1n) is 1.64. The molecular formula is C4H11Cl3OS. The maximum atomic E-state index is 9.56. The molecule has 60 valence electrons. The summed E-state index contributed by atoms with van der Waals surface area (Å²) in [4.78, 5) is 0. The largest absolute Gasteiger partial charge is 0.260 e. The van der Waals surface area contributed by atoms with E-state index in [0.717, 1.165) is 0 Å². The van der Waals surface area contributed by atoms with Gasteiger partial charge < -0.3 is 0 Å². The molecule has 0 rings (SSSR count). The van der Waals surface area contributed by atoms with Gasteiger partial charge >= 0.3 is 0 Å². The van der Waals surface area contributed by atoms with E-state index in [1.807, 2.05) is 0 Å². The standard InChI is InChI=1S/C2H6OS.CHCl3.CH4/c1-4(2)3;2-1(3)4;/h1-2H3;1H;1H4. The molecule has 0 unspecified atom stereocenters. The van der Waals surface area contributed by atoms with Crippen LogP contribution in [0.2, 0.25) is 0 Å². The smallest absolute Gasteiger partial charge is 0.180 e. The Labute approximate surface area is 74.1 Å². The number of rotatable bonds is 0. The van der Waals surface area contributed by atoms with Crippen LogP contribution >= 0.6 is 34.8 Å². The fourth-order valence-corrected chi connectivity index (χ4v) is 0. The summed E-state index contributed by atoms with van der Waals surface area (Å²) in [5.41, 5.74) is 0.